The molecule has 0 fully saturated rings. The summed E-state index contributed by atoms with van der Waals surface area (Å²) in [7, 11) is 0. The Labute approximate surface area is 159 Å². The van der Waals surface area contributed by atoms with Gasteiger partial charge in [-0.3, -0.25) is 4.79 Å². The molecule has 0 saturated carbocycles. The number of hydrogen-bond acceptors (Lipinski definition) is 5. The standard InChI is InChI=1S/C18H15Cl2N3OS/c1-10-4-3-5-14(19)13(10)8-16(24)15-9-25-18(23-15)7-12-6-17(20)22-11(2)21-12/h3-6,9H,7-8H2,1-2H3. The normalized spacial score (nSPS) is 10.9. The van der Waals surface area contributed by atoms with Gasteiger partial charge in [0.05, 0.1) is 10.7 Å². The Balaban J connectivity index is 1.75. The number of benzene rings is 1. The number of aryl methyl sites for hydroxylation is 2. The number of thiazole rings is 1. The highest BCUT2D eigenvalue weighted by molar-refractivity contribution is 7.09. The first-order valence-corrected chi connectivity index (χ1v) is 9.27. The first kappa shape index (κ1) is 18.0. The van der Waals surface area contributed by atoms with Crippen molar-refractivity contribution in [1.82, 2.24) is 15.0 Å². The van der Waals surface area contributed by atoms with Gasteiger partial charge >= 0.3 is 0 Å². The quantitative estimate of drug-likeness (QED) is 0.459. The van der Waals surface area contributed by atoms with E-state index in [2.05, 4.69) is 15.0 Å². The molecule has 128 valence electrons. The predicted molar refractivity (Wildman–Crippen MR) is 101 cm³/mol. The third-order valence-electron chi connectivity index (χ3n) is 3.72. The molecule has 0 saturated heterocycles. The molecular weight excluding hydrogens is 377 g/mol. The molecule has 0 N–H and O–H groups in total. The number of carbonyl (C=O) groups is 1. The van der Waals surface area contributed by atoms with Crippen molar-refractivity contribution in [2.45, 2.75) is 26.7 Å². The Kier molecular flexibility index (Phi) is 5.47. The molecule has 1 aromatic carbocycles. The average molecular weight is 392 g/mol. The van der Waals surface area contributed by atoms with Crippen LogP contribution in [-0.2, 0) is 12.8 Å². The van der Waals surface area contributed by atoms with Crippen LogP contribution in [0.15, 0.2) is 29.6 Å². The molecule has 0 spiro atoms. The Morgan fingerprint density at radius 2 is 1.96 bits per heavy atom. The van der Waals surface area contributed by atoms with Crippen LogP contribution < -0.4 is 0 Å². The highest BCUT2D eigenvalue weighted by Gasteiger charge is 2.15. The molecule has 7 heteroatoms. The zero-order valence-corrected chi connectivity index (χ0v) is 16.0. The lowest BCUT2D eigenvalue weighted by molar-refractivity contribution is 0.0988. The first-order chi connectivity index (χ1) is 11.9. The van der Waals surface area contributed by atoms with Crippen LogP contribution in [0, 0.1) is 13.8 Å². The van der Waals surface area contributed by atoms with Crippen molar-refractivity contribution in [3.8, 4) is 0 Å². The molecule has 0 aliphatic heterocycles. The van der Waals surface area contributed by atoms with Gasteiger partial charge in [0.15, 0.2) is 5.78 Å². The SMILES string of the molecule is Cc1nc(Cl)cc(Cc2nc(C(=O)Cc3c(C)cccc3Cl)cs2)n1. The molecule has 4 nitrogen and oxygen atoms in total. The second-order valence-electron chi connectivity index (χ2n) is 5.67. The van der Waals surface area contributed by atoms with E-state index in [1.54, 1.807) is 24.4 Å². The summed E-state index contributed by atoms with van der Waals surface area (Å²) in [6.07, 6.45) is 0.763. The van der Waals surface area contributed by atoms with Crippen LogP contribution in [0.5, 0.6) is 0 Å². The van der Waals surface area contributed by atoms with Gasteiger partial charge < -0.3 is 0 Å². The van der Waals surface area contributed by atoms with Crippen LogP contribution in [0.1, 0.15) is 38.1 Å². The summed E-state index contributed by atoms with van der Waals surface area (Å²) in [6.45, 7) is 3.74. The van der Waals surface area contributed by atoms with Gasteiger partial charge in [-0.2, -0.15) is 0 Å². The number of nitrogens with zero attached hydrogens (tertiary/aromatic N) is 3. The summed E-state index contributed by atoms with van der Waals surface area (Å²) >= 11 is 13.6. The van der Waals surface area contributed by atoms with E-state index in [4.69, 9.17) is 23.2 Å². The van der Waals surface area contributed by atoms with E-state index in [0.717, 1.165) is 21.8 Å². The molecule has 0 atom stereocenters. The molecule has 3 rings (SSSR count). The lowest BCUT2D eigenvalue weighted by Crippen LogP contribution is -2.06. The highest BCUT2D eigenvalue weighted by Crippen LogP contribution is 2.22. The van der Waals surface area contributed by atoms with Crippen molar-refractivity contribution >= 4 is 40.3 Å². The third-order valence-corrected chi connectivity index (χ3v) is 5.12. The molecule has 0 bridgehead atoms. The highest BCUT2D eigenvalue weighted by atomic mass is 35.5. The van der Waals surface area contributed by atoms with Crippen molar-refractivity contribution in [2.24, 2.45) is 0 Å². The Bertz CT molecular complexity index is 899. The number of halogens is 2. The van der Waals surface area contributed by atoms with Gasteiger partial charge in [-0.05, 0) is 37.1 Å². The second-order valence-corrected chi connectivity index (χ2v) is 7.40. The van der Waals surface area contributed by atoms with E-state index in [1.165, 1.54) is 11.3 Å². The lowest BCUT2D eigenvalue weighted by atomic mass is 10.0. The fraction of sp³-hybridized carbons (Fsp3) is 0.222. The zero-order valence-electron chi connectivity index (χ0n) is 13.7. The van der Waals surface area contributed by atoms with E-state index in [9.17, 15) is 4.79 Å². The van der Waals surface area contributed by atoms with Crippen molar-refractivity contribution < 1.29 is 4.79 Å². The van der Waals surface area contributed by atoms with Crippen molar-refractivity contribution in [2.75, 3.05) is 0 Å². The van der Waals surface area contributed by atoms with Gasteiger partial charge in [0, 0.05) is 23.2 Å². The minimum Gasteiger partial charge on any atom is -0.292 e. The number of rotatable bonds is 5. The maximum absolute atomic E-state index is 12.5. The number of Topliss-reactive ketones (excluding diaryl/α,β-unsaturated/α-hetero) is 1. The minimum absolute atomic E-state index is 0.0457. The van der Waals surface area contributed by atoms with Crippen LogP contribution in [0.25, 0.3) is 0 Å². The number of ketones is 1. The minimum atomic E-state index is -0.0457. The maximum atomic E-state index is 12.5. The number of carbonyl (C=O) groups excluding carboxylic acids is 1. The van der Waals surface area contributed by atoms with Gasteiger partial charge in [-0.15, -0.1) is 11.3 Å². The molecule has 0 aliphatic carbocycles. The fourth-order valence-corrected chi connectivity index (χ4v) is 3.85. The molecule has 0 aliphatic rings. The monoisotopic (exact) mass is 391 g/mol. The summed E-state index contributed by atoms with van der Waals surface area (Å²) in [5, 5.41) is 3.60. The van der Waals surface area contributed by atoms with Crippen LogP contribution in [0.4, 0.5) is 0 Å². The summed E-state index contributed by atoms with van der Waals surface area (Å²) in [4.78, 5) is 25.4. The Morgan fingerprint density at radius 3 is 2.68 bits per heavy atom. The van der Waals surface area contributed by atoms with Crippen LogP contribution in [-0.4, -0.2) is 20.7 Å². The lowest BCUT2D eigenvalue weighted by Gasteiger charge is -2.06. The van der Waals surface area contributed by atoms with Crippen molar-refractivity contribution in [3.05, 3.63) is 73.2 Å². The van der Waals surface area contributed by atoms with Gasteiger partial charge in [0.2, 0.25) is 0 Å². The topological polar surface area (TPSA) is 55.7 Å². The first-order valence-electron chi connectivity index (χ1n) is 7.64. The summed E-state index contributed by atoms with van der Waals surface area (Å²) in [5.41, 5.74) is 3.09. The third kappa shape index (κ3) is 4.42. The Hall–Kier alpha value is -1.82. The molecule has 2 aromatic heterocycles. The molecule has 2 heterocycles. The largest absolute Gasteiger partial charge is 0.292 e. The number of hydrogen-bond donors (Lipinski definition) is 0. The number of aromatic nitrogens is 3. The van der Waals surface area contributed by atoms with Gasteiger partial charge in [-0.1, -0.05) is 35.3 Å². The average Bonchev–Trinajstić information content (AvgIpc) is 2.98. The van der Waals surface area contributed by atoms with E-state index >= 15 is 0 Å². The smallest absolute Gasteiger partial charge is 0.186 e. The molecular formula is C18H15Cl2N3OS. The van der Waals surface area contributed by atoms with Crippen LogP contribution in [0.3, 0.4) is 0 Å². The molecule has 0 radical (unpaired) electrons. The van der Waals surface area contributed by atoms with E-state index in [0.29, 0.717) is 28.1 Å². The van der Waals surface area contributed by atoms with Crippen LogP contribution in [0.2, 0.25) is 10.2 Å². The maximum Gasteiger partial charge on any atom is 0.186 e. The summed E-state index contributed by atoms with van der Waals surface area (Å²) in [6, 6.07) is 7.33. The van der Waals surface area contributed by atoms with Gasteiger partial charge in [0.25, 0.3) is 0 Å². The van der Waals surface area contributed by atoms with Crippen LogP contribution >= 0.6 is 34.5 Å². The molecule has 25 heavy (non-hydrogen) atoms. The summed E-state index contributed by atoms with van der Waals surface area (Å²) in [5.74, 6) is 0.570. The van der Waals surface area contributed by atoms with Gasteiger partial charge in [-0.25, -0.2) is 15.0 Å². The fourth-order valence-electron chi connectivity index (χ4n) is 2.50. The Morgan fingerprint density at radius 1 is 1.16 bits per heavy atom. The van der Waals surface area contributed by atoms with E-state index < -0.39 is 0 Å². The molecule has 0 amide bonds. The predicted octanol–water partition coefficient (Wildman–Crippen LogP) is 4.87. The van der Waals surface area contributed by atoms with Gasteiger partial charge in [0.1, 0.15) is 16.7 Å². The second kappa shape index (κ2) is 7.60. The van der Waals surface area contributed by atoms with E-state index in [1.807, 2.05) is 19.1 Å². The van der Waals surface area contributed by atoms with E-state index in [-0.39, 0.29) is 12.2 Å². The van der Waals surface area contributed by atoms with Crippen molar-refractivity contribution in [3.63, 3.8) is 0 Å². The molecule has 0 unspecified atom stereocenters. The summed E-state index contributed by atoms with van der Waals surface area (Å²) < 4.78 is 0. The van der Waals surface area contributed by atoms with Crippen molar-refractivity contribution in [1.29, 1.82) is 0 Å². The molecule has 3 aromatic rings. The zero-order chi connectivity index (χ0) is 18.0.